The normalized spacial score (nSPS) is 9.47. The van der Waals surface area contributed by atoms with E-state index in [9.17, 15) is 4.79 Å². The first kappa shape index (κ1) is 18.7. The molecule has 19 heavy (non-hydrogen) atoms. The molecule has 0 aromatic carbocycles. The van der Waals surface area contributed by atoms with Crippen LogP contribution in [0.15, 0.2) is 24.4 Å². The van der Waals surface area contributed by atoms with Gasteiger partial charge in [0.1, 0.15) is 0 Å². The molecule has 0 N–H and O–H groups in total. The minimum absolute atomic E-state index is 0.301. The van der Waals surface area contributed by atoms with E-state index in [4.69, 9.17) is 4.74 Å². The first-order chi connectivity index (χ1) is 8.93. The van der Waals surface area contributed by atoms with Gasteiger partial charge in [0.05, 0.1) is 11.1 Å². The summed E-state index contributed by atoms with van der Waals surface area (Å²) in [6.07, 6.45) is 1.69. The van der Waals surface area contributed by atoms with Crippen molar-refractivity contribution < 1.29 is 9.53 Å². The molecule has 0 saturated carbocycles. The van der Waals surface area contributed by atoms with Gasteiger partial charge in [-0.3, -0.25) is 12.9 Å². The fourth-order valence-electron chi connectivity index (χ4n) is 1.71. The number of pyridine rings is 1. The highest BCUT2D eigenvalue weighted by Gasteiger charge is 2.19. The Labute approximate surface area is 131 Å². The number of hydrogen-bond donors (Lipinski definition) is 0. The van der Waals surface area contributed by atoms with Gasteiger partial charge in [0.15, 0.2) is 0 Å². The average molecular weight is 342 g/mol. The lowest BCUT2D eigenvalue weighted by Gasteiger charge is -2.31. The van der Waals surface area contributed by atoms with Crippen molar-refractivity contribution in [1.82, 2.24) is 9.88 Å². The first-order valence-corrected chi connectivity index (χ1v) is 10.9. The number of hydrogen-bond acceptors (Lipinski definition) is 3. The van der Waals surface area contributed by atoms with Gasteiger partial charge < -0.3 is 14.4 Å². The predicted molar refractivity (Wildman–Crippen MR) is 83.0 cm³/mol. The maximum absolute atomic E-state index is 11.3. The van der Waals surface area contributed by atoms with Crippen LogP contribution in [0, 0.1) is 0 Å². The number of nitrogens with zero attached hydrogens (tertiary/aromatic N) is 2. The van der Waals surface area contributed by atoms with Gasteiger partial charge in [-0.05, 0) is 33.8 Å². The zero-order valence-corrected chi connectivity index (χ0v) is 15.3. The van der Waals surface area contributed by atoms with Gasteiger partial charge in [-0.15, -0.1) is 0 Å². The van der Waals surface area contributed by atoms with Gasteiger partial charge in [0.25, 0.3) is 0 Å². The van der Waals surface area contributed by atoms with E-state index in [2.05, 4.69) is 45.6 Å². The molecule has 0 aliphatic carbocycles. The molecule has 0 bridgehead atoms. The molecule has 0 spiro atoms. The molecule has 6 heteroatoms. The maximum Gasteiger partial charge on any atom is 0.598 e. The molecule has 0 saturated heterocycles. The monoisotopic (exact) mass is 340 g/mol. The van der Waals surface area contributed by atoms with Crippen LogP contribution >= 0.6 is 12.9 Å². The minimum Gasteiger partial charge on any atom is -0.481 e. The molecule has 0 radical (unpaired) electrons. The van der Waals surface area contributed by atoms with Crippen LogP contribution in [0.2, 0.25) is 0 Å². The number of carbonyl (C=O) groups is 1. The Morgan fingerprint density at radius 1 is 1.32 bits per heavy atom. The van der Waals surface area contributed by atoms with Gasteiger partial charge in [0, 0.05) is 24.3 Å². The largest absolute Gasteiger partial charge is 0.598 e. The summed E-state index contributed by atoms with van der Waals surface area (Å²) < 4.78 is 5.10. The van der Waals surface area contributed by atoms with E-state index < -0.39 is 18.2 Å². The molecule has 104 valence electrons. The summed E-state index contributed by atoms with van der Waals surface area (Å²) >= 11 is 2.60. The van der Waals surface area contributed by atoms with Crippen molar-refractivity contribution in [3.8, 4) is 5.88 Å². The van der Waals surface area contributed by atoms with Crippen molar-refractivity contribution in [2.75, 3.05) is 7.11 Å². The van der Waals surface area contributed by atoms with E-state index in [0.717, 1.165) is 0 Å². The lowest BCUT2D eigenvalue weighted by Crippen LogP contribution is -2.42. The van der Waals surface area contributed by atoms with Crippen LogP contribution in [0.3, 0.4) is 0 Å². The summed E-state index contributed by atoms with van der Waals surface area (Å²) in [6.45, 7) is 8.20. The lowest BCUT2D eigenvalue weighted by molar-refractivity contribution is 0.188. The molecule has 4 nitrogen and oxygen atoms in total. The Morgan fingerprint density at radius 2 is 1.89 bits per heavy atom. The predicted octanol–water partition coefficient (Wildman–Crippen LogP) is 3.33. The van der Waals surface area contributed by atoms with Crippen LogP contribution in [0.4, 0.5) is 4.79 Å². The molecule has 1 heterocycles. The van der Waals surface area contributed by atoms with Crippen LogP contribution < -0.4 is 4.74 Å². The van der Waals surface area contributed by atoms with Crippen molar-refractivity contribution in [2.45, 2.75) is 39.8 Å². The Kier molecular flexibility index (Phi) is 10.3. The number of ether oxygens (including phenoxy) is 1. The molecular formula is C13H21BrMgN2O2. The van der Waals surface area contributed by atoms with Crippen molar-refractivity contribution in [3.05, 3.63) is 24.4 Å². The van der Waals surface area contributed by atoms with Gasteiger partial charge >= 0.3 is 18.2 Å². The van der Waals surface area contributed by atoms with E-state index in [1.807, 2.05) is 17.0 Å². The Morgan fingerprint density at radius 3 is 2.11 bits per heavy atom. The Balaban J connectivity index is 0.000000356. The van der Waals surface area contributed by atoms with Crippen LogP contribution in [0.1, 0.15) is 27.7 Å². The van der Waals surface area contributed by atoms with E-state index >= 15 is 0 Å². The van der Waals surface area contributed by atoms with E-state index in [1.54, 1.807) is 19.4 Å². The van der Waals surface area contributed by atoms with E-state index in [0.29, 0.717) is 22.0 Å². The smallest absolute Gasteiger partial charge is 0.481 e. The van der Waals surface area contributed by atoms with E-state index in [1.165, 1.54) is 0 Å². The standard InChI is InChI=1S/C7H14NO.C6H7NO.BrH.Mg/c1-6(2)8(5-9)7(3)4;1-8-6-4-2-3-5-7-6;;/h6-7H,1-4H3;2-5H,1H3;1H;/q;;;+1/p-1. The molecule has 0 fully saturated rings. The summed E-state index contributed by atoms with van der Waals surface area (Å²) in [6, 6.07) is 6.19. The third kappa shape index (κ3) is 7.74. The molecular weight excluding hydrogens is 320 g/mol. The lowest BCUT2D eigenvalue weighted by atomic mass is 10.2. The van der Waals surface area contributed by atoms with Gasteiger partial charge in [-0.25, -0.2) is 4.98 Å². The highest BCUT2D eigenvalue weighted by molar-refractivity contribution is 9.24. The molecule has 1 aromatic rings. The number of aromatic nitrogens is 1. The van der Waals surface area contributed by atoms with Crippen molar-refractivity contribution in [1.29, 1.82) is 0 Å². The zero-order chi connectivity index (χ0) is 14.8. The second kappa shape index (κ2) is 10.5. The van der Waals surface area contributed by atoms with Crippen LogP contribution in [0.25, 0.3) is 0 Å². The molecule has 1 rings (SSSR count). The highest BCUT2D eigenvalue weighted by atomic mass is 79.9. The Hall–Kier alpha value is -0.334. The first-order valence-electron chi connectivity index (χ1n) is 6.26. The molecule has 0 aliphatic rings. The topological polar surface area (TPSA) is 42.4 Å². The maximum atomic E-state index is 11.3. The van der Waals surface area contributed by atoms with Crippen molar-refractivity contribution >= 4 is 35.1 Å². The van der Waals surface area contributed by atoms with Crippen molar-refractivity contribution in [3.63, 3.8) is 0 Å². The number of halogens is 1. The van der Waals surface area contributed by atoms with Gasteiger partial charge in [0.2, 0.25) is 5.88 Å². The average Bonchev–Trinajstić information content (AvgIpc) is 2.39. The zero-order valence-electron chi connectivity index (χ0n) is 12.3. The van der Waals surface area contributed by atoms with Crippen LogP contribution in [-0.4, -0.2) is 51.3 Å². The summed E-state index contributed by atoms with van der Waals surface area (Å²) in [7, 11) is 1.60. The minimum atomic E-state index is -0.695. The third-order valence-corrected chi connectivity index (χ3v) is 4.39. The second-order valence-electron chi connectivity index (χ2n) is 4.49. The Bertz CT molecular complexity index is 353. The SMILES string of the molecule is CC(C)N([C](=O)[Mg][Br])C(C)C.COc1ccccn1. The molecule has 1 aromatic heterocycles. The second-order valence-corrected chi connectivity index (χ2v) is 7.05. The molecule has 0 unspecified atom stereocenters. The summed E-state index contributed by atoms with van der Waals surface area (Å²) in [5, 5.41) is 0. The van der Waals surface area contributed by atoms with E-state index in [-0.39, 0.29) is 0 Å². The fourth-order valence-corrected chi connectivity index (χ4v) is 3.45. The van der Waals surface area contributed by atoms with Crippen LogP contribution in [-0.2, 0) is 0 Å². The fraction of sp³-hybridized carbons (Fsp3) is 0.538. The van der Waals surface area contributed by atoms with Crippen molar-refractivity contribution in [2.24, 2.45) is 0 Å². The number of amides is 1. The van der Waals surface area contributed by atoms with Crippen LogP contribution in [0.5, 0.6) is 5.88 Å². The summed E-state index contributed by atoms with van der Waals surface area (Å²) in [5.74, 6) is 0.660. The summed E-state index contributed by atoms with van der Waals surface area (Å²) in [5.41, 5.74) is 0. The van der Waals surface area contributed by atoms with Gasteiger partial charge in [-0.2, -0.15) is 0 Å². The van der Waals surface area contributed by atoms with Gasteiger partial charge in [-0.1, -0.05) is 6.07 Å². The highest BCUT2D eigenvalue weighted by Crippen LogP contribution is 2.06. The number of rotatable bonds is 4. The summed E-state index contributed by atoms with van der Waals surface area (Å²) in [4.78, 5) is 17.1. The number of carbonyl (C=O) groups excluding carboxylic acids is 1. The quantitative estimate of drug-likeness (QED) is 0.789. The molecule has 0 aliphatic heterocycles. The molecule has 1 amide bonds. The molecule has 0 atom stereocenters. The number of methoxy groups -OCH3 is 1. The third-order valence-electron chi connectivity index (χ3n) is 2.36.